The minimum absolute atomic E-state index is 0.158. The first-order valence-corrected chi connectivity index (χ1v) is 7.18. The van der Waals surface area contributed by atoms with Crippen LogP contribution in [0.3, 0.4) is 0 Å². The van der Waals surface area contributed by atoms with Gasteiger partial charge in [0, 0.05) is 16.1 Å². The van der Waals surface area contributed by atoms with Crippen LogP contribution in [0.25, 0.3) is 11.1 Å². The highest BCUT2D eigenvalue weighted by atomic mass is 35.5. The molecule has 0 radical (unpaired) electrons. The Kier molecular flexibility index (Phi) is 5.02. The van der Waals surface area contributed by atoms with Crippen molar-refractivity contribution in [2.24, 2.45) is 0 Å². The first kappa shape index (κ1) is 16.4. The van der Waals surface area contributed by atoms with E-state index in [-0.39, 0.29) is 15.6 Å². The maximum absolute atomic E-state index is 10.8. The average Bonchev–Trinajstić information content (AvgIpc) is 2.44. The lowest BCUT2D eigenvalue weighted by Crippen LogP contribution is -2.10. The predicted molar refractivity (Wildman–Crippen MR) is 84.5 cm³/mol. The van der Waals surface area contributed by atoms with Crippen molar-refractivity contribution in [1.82, 2.24) is 0 Å². The number of carbonyl (C=O) groups is 1. The number of halogens is 4. The summed E-state index contributed by atoms with van der Waals surface area (Å²) in [7, 11) is 0. The standard InChI is InChI=1S/C14H8Cl4O3/c15-8-3-4-9(16)12(18)11(8)7-2-1-6(5-10(7)17)13(19)14(20)21/h1-5,13,19H,(H,20,21). The molecule has 0 saturated heterocycles. The molecule has 0 fully saturated rings. The number of aliphatic hydroxyl groups is 1. The number of hydrogen-bond acceptors (Lipinski definition) is 2. The maximum atomic E-state index is 10.8. The van der Waals surface area contributed by atoms with Crippen molar-refractivity contribution in [2.75, 3.05) is 0 Å². The highest BCUT2D eigenvalue weighted by Gasteiger charge is 2.19. The van der Waals surface area contributed by atoms with E-state index in [0.717, 1.165) is 0 Å². The molecule has 0 aliphatic carbocycles. The molecule has 110 valence electrons. The number of hydrogen-bond donors (Lipinski definition) is 2. The van der Waals surface area contributed by atoms with Crippen molar-refractivity contribution in [3.8, 4) is 11.1 Å². The summed E-state index contributed by atoms with van der Waals surface area (Å²) in [6, 6.07) is 7.47. The summed E-state index contributed by atoms with van der Waals surface area (Å²) in [5.41, 5.74) is 1.10. The zero-order valence-corrected chi connectivity index (χ0v) is 13.3. The Morgan fingerprint density at radius 3 is 2.14 bits per heavy atom. The topological polar surface area (TPSA) is 57.5 Å². The van der Waals surface area contributed by atoms with E-state index in [1.807, 2.05) is 0 Å². The largest absolute Gasteiger partial charge is 0.479 e. The molecule has 0 aliphatic heterocycles. The Morgan fingerprint density at radius 1 is 0.952 bits per heavy atom. The van der Waals surface area contributed by atoms with Crippen LogP contribution in [0.15, 0.2) is 30.3 Å². The Bertz CT molecular complexity index is 716. The van der Waals surface area contributed by atoms with E-state index in [4.69, 9.17) is 51.5 Å². The zero-order valence-electron chi connectivity index (χ0n) is 10.3. The first-order valence-electron chi connectivity index (χ1n) is 5.67. The van der Waals surface area contributed by atoms with Crippen LogP contribution >= 0.6 is 46.4 Å². The van der Waals surface area contributed by atoms with Crippen LogP contribution in [-0.2, 0) is 4.79 Å². The molecular formula is C14H8Cl4O3. The van der Waals surface area contributed by atoms with Crippen molar-refractivity contribution in [3.63, 3.8) is 0 Å². The fraction of sp³-hybridized carbons (Fsp3) is 0.0714. The summed E-state index contributed by atoms with van der Waals surface area (Å²) in [5, 5.41) is 19.4. The lowest BCUT2D eigenvalue weighted by atomic mass is 10.0. The van der Waals surface area contributed by atoms with Gasteiger partial charge in [0.25, 0.3) is 0 Å². The summed E-state index contributed by atoms with van der Waals surface area (Å²) in [6.45, 7) is 0. The van der Waals surface area contributed by atoms with Crippen LogP contribution in [0, 0.1) is 0 Å². The Morgan fingerprint density at radius 2 is 1.57 bits per heavy atom. The van der Waals surface area contributed by atoms with Crippen LogP contribution in [0.5, 0.6) is 0 Å². The molecule has 1 atom stereocenters. The van der Waals surface area contributed by atoms with Gasteiger partial charge in [0.15, 0.2) is 6.10 Å². The second-order valence-electron chi connectivity index (χ2n) is 4.20. The quantitative estimate of drug-likeness (QED) is 0.745. The highest BCUT2D eigenvalue weighted by Crippen LogP contribution is 2.42. The molecular weight excluding hydrogens is 358 g/mol. The second-order valence-corrected chi connectivity index (χ2v) is 5.80. The summed E-state index contributed by atoms with van der Waals surface area (Å²) in [4.78, 5) is 10.8. The number of carboxylic acids is 1. The van der Waals surface area contributed by atoms with E-state index < -0.39 is 12.1 Å². The molecule has 0 aliphatic rings. The molecule has 3 nitrogen and oxygen atoms in total. The second kappa shape index (κ2) is 6.42. The zero-order chi connectivity index (χ0) is 15.7. The molecule has 0 heterocycles. The lowest BCUT2D eigenvalue weighted by Gasteiger charge is -2.13. The Hall–Kier alpha value is -0.970. The van der Waals surface area contributed by atoms with Crippen molar-refractivity contribution in [3.05, 3.63) is 56.0 Å². The third-order valence-electron chi connectivity index (χ3n) is 2.86. The van der Waals surface area contributed by atoms with E-state index in [1.165, 1.54) is 18.2 Å². The third-order valence-corrected chi connectivity index (χ3v) is 4.29. The summed E-state index contributed by atoms with van der Waals surface area (Å²) in [5.74, 6) is -1.36. The summed E-state index contributed by atoms with van der Waals surface area (Å²) < 4.78 is 0. The van der Waals surface area contributed by atoms with Gasteiger partial charge in [0.1, 0.15) is 0 Å². The van der Waals surface area contributed by atoms with Gasteiger partial charge < -0.3 is 10.2 Å². The lowest BCUT2D eigenvalue weighted by molar-refractivity contribution is -0.146. The van der Waals surface area contributed by atoms with Crippen molar-refractivity contribution >= 4 is 52.4 Å². The van der Waals surface area contributed by atoms with Gasteiger partial charge in [-0.25, -0.2) is 4.79 Å². The minimum atomic E-state index is -1.65. The molecule has 0 spiro atoms. The molecule has 7 heteroatoms. The van der Waals surface area contributed by atoms with E-state index in [1.54, 1.807) is 12.1 Å². The maximum Gasteiger partial charge on any atom is 0.337 e. The summed E-state index contributed by atoms with van der Waals surface area (Å²) >= 11 is 24.4. The smallest absolute Gasteiger partial charge is 0.337 e. The fourth-order valence-electron chi connectivity index (χ4n) is 1.82. The van der Waals surface area contributed by atoms with Gasteiger partial charge in [-0.2, -0.15) is 0 Å². The number of carboxylic acid groups (broad SMARTS) is 1. The van der Waals surface area contributed by atoms with E-state index in [0.29, 0.717) is 21.2 Å². The molecule has 0 amide bonds. The monoisotopic (exact) mass is 364 g/mol. The molecule has 2 rings (SSSR count). The van der Waals surface area contributed by atoms with Crippen molar-refractivity contribution < 1.29 is 15.0 Å². The molecule has 0 bridgehead atoms. The van der Waals surface area contributed by atoms with Crippen LogP contribution in [0.2, 0.25) is 20.1 Å². The van der Waals surface area contributed by atoms with Gasteiger partial charge in [-0.05, 0) is 23.8 Å². The summed E-state index contributed by atoms with van der Waals surface area (Å²) in [6.07, 6.45) is -1.65. The number of aliphatic hydroxyl groups excluding tert-OH is 1. The fourth-order valence-corrected chi connectivity index (χ4v) is 2.84. The van der Waals surface area contributed by atoms with E-state index in [9.17, 15) is 9.90 Å². The van der Waals surface area contributed by atoms with Crippen molar-refractivity contribution in [2.45, 2.75) is 6.10 Å². The van der Waals surface area contributed by atoms with Gasteiger partial charge in [-0.1, -0.05) is 58.5 Å². The number of aliphatic carboxylic acids is 1. The predicted octanol–water partition coefficient (Wildman–Crippen LogP) is 5.09. The molecule has 1 unspecified atom stereocenters. The minimum Gasteiger partial charge on any atom is -0.479 e. The van der Waals surface area contributed by atoms with Crippen LogP contribution < -0.4 is 0 Å². The Balaban J connectivity index is 2.57. The number of benzene rings is 2. The molecule has 0 aromatic heterocycles. The first-order chi connectivity index (χ1) is 9.82. The van der Waals surface area contributed by atoms with Gasteiger partial charge in [-0.15, -0.1) is 0 Å². The van der Waals surface area contributed by atoms with Crippen LogP contribution in [0.1, 0.15) is 11.7 Å². The SMILES string of the molecule is O=C(O)C(O)c1ccc(-c2c(Cl)ccc(Cl)c2Cl)c(Cl)c1. The average molecular weight is 366 g/mol. The van der Waals surface area contributed by atoms with E-state index >= 15 is 0 Å². The molecule has 21 heavy (non-hydrogen) atoms. The van der Waals surface area contributed by atoms with Gasteiger partial charge in [0.05, 0.1) is 15.1 Å². The molecule has 2 aromatic rings. The van der Waals surface area contributed by atoms with E-state index in [2.05, 4.69) is 0 Å². The van der Waals surface area contributed by atoms with Crippen LogP contribution in [-0.4, -0.2) is 16.2 Å². The number of rotatable bonds is 3. The van der Waals surface area contributed by atoms with Crippen LogP contribution in [0.4, 0.5) is 0 Å². The van der Waals surface area contributed by atoms with Crippen molar-refractivity contribution in [1.29, 1.82) is 0 Å². The molecule has 2 N–H and O–H groups in total. The highest BCUT2D eigenvalue weighted by molar-refractivity contribution is 6.46. The molecule has 2 aromatic carbocycles. The molecule has 0 saturated carbocycles. The van der Waals surface area contributed by atoms with Gasteiger partial charge in [0.2, 0.25) is 0 Å². The third kappa shape index (κ3) is 3.28. The van der Waals surface area contributed by atoms with Gasteiger partial charge >= 0.3 is 5.97 Å². The normalized spacial score (nSPS) is 12.2. The van der Waals surface area contributed by atoms with Gasteiger partial charge in [-0.3, -0.25) is 0 Å². The Labute approximate surface area is 140 Å².